The monoisotopic (exact) mass is 415 g/mol. The Morgan fingerprint density at radius 2 is 1.89 bits per heavy atom. The molecule has 1 aliphatic heterocycles. The van der Waals surface area contributed by atoms with E-state index < -0.39 is 11.5 Å². The number of fused-ring (bicyclic) bond motifs is 1. The third kappa shape index (κ3) is 3.38. The van der Waals surface area contributed by atoms with Gasteiger partial charge in [-0.25, -0.2) is 9.78 Å². The predicted molar refractivity (Wildman–Crippen MR) is 112 cm³/mol. The summed E-state index contributed by atoms with van der Waals surface area (Å²) in [5.74, 6) is -0.825. The van der Waals surface area contributed by atoms with E-state index in [2.05, 4.69) is 10.2 Å². The molecule has 8 heteroatoms. The molecule has 3 aromatic rings. The Bertz CT molecular complexity index is 977. The van der Waals surface area contributed by atoms with Gasteiger partial charge in [0, 0.05) is 13.1 Å². The Balaban J connectivity index is 1.59. The molecule has 0 spiro atoms. The fourth-order valence-electron chi connectivity index (χ4n) is 3.38. The van der Waals surface area contributed by atoms with E-state index in [0.29, 0.717) is 10.4 Å². The number of aromatic nitrogens is 1. The molecule has 1 fully saturated rings. The molecule has 0 bridgehead atoms. The van der Waals surface area contributed by atoms with E-state index >= 15 is 0 Å². The molecule has 0 saturated carbocycles. The number of amides is 1. The number of carbonyl (C=O) groups excluding carboxylic acids is 2. The molecule has 1 amide bonds. The summed E-state index contributed by atoms with van der Waals surface area (Å²) in [6.07, 6.45) is 2.40. The number of anilines is 1. The largest absolute Gasteiger partial charge is 0.467 e. The van der Waals surface area contributed by atoms with Gasteiger partial charge in [0.1, 0.15) is 4.83 Å². The molecule has 3 heterocycles. The zero-order valence-electron chi connectivity index (χ0n) is 15.7. The van der Waals surface area contributed by atoms with Crippen molar-refractivity contribution in [2.45, 2.75) is 25.3 Å². The van der Waals surface area contributed by atoms with Gasteiger partial charge in [-0.2, -0.15) is 0 Å². The highest BCUT2D eigenvalue weighted by Crippen LogP contribution is 2.36. The molecule has 1 saturated heterocycles. The standard InChI is InChI=1S/C20H21N3O3S2/c1-20(18(25)26-2,13-8-4-3-5-9-13)22-16(24)14-12-15-17(27-14)21-19(28-15)23-10-6-7-11-23/h3-5,8-9,12H,6-7,10-11H2,1-2H3,(H,22,24). The average molecular weight is 416 g/mol. The van der Waals surface area contributed by atoms with Crippen molar-refractivity contribution in [3.8, 4) is 0 Å². The lowest BCUT2D eigenvalue weighted by Crippen LogP contribution is -2.50. The van der Waals surface area contributed by atoms with Crippen molar-refractivity contribution < 1.29 is 14.3 Å². The zero-order chi connectivity index (χ0) is 19.7. The van der Waals surface area contributed by atoms with Crippen molar-refractivity contribution in [2.75, 3.05) is 25.1 Å². The highest BCUT2D eigenvalue weighted by Gasteiger charge is 2.38. The molecule has 1 aromatic carbocycles. The van der Waals surface area contributed by atoms with Gasteiger partial charge in [0.15, 0.2) is 10.7 Å². The van der Waals surface area contributed by atoms with Crippen LogP contribution < -0.4 is 10.2 Å². The topological polar surface area (TPSA) is 71.5 Å². The second-order valence-corrected chi connectivity index (χ2v) is 8.95. The molecule has 2 aromatic heterocycles. The zero-order valence-corrected chi connectivity index (χ0v) is 17.4. The third-order valence-corrected chi connectivity index (χ3v) is 7.21. The van der Waals surface area contributed by atoms with Gasteiger partial charge in [-0.3, -0.25) is 4.79 Å². The number of carbonyl (C=O) groups is 2. The van der Waals surface area contributed by atoms with Crippen molar-refractivity contribution in [3.63, 3.8) is 0 Å². The first-order valence-electron chi connectivity index (χ1n) is 9.13. The number of hydrogen-bond acceptors (Lipinski definition) is 7. The Labute approximate surface area is 171 Å². The van der Waals surface area contributed by atoms with Crippen molar-refractivity contribution >= 4 is 49.2 Å². The lowest BCUT2D eigenvalue weighted by Gasteiger charge is -2.28. The lowest BCUT2D eigenvalue weighted by atomic mass is 9.92. The molecule has 1 N–H and O–H groups in total. The van der Waals surface area contributed by atoms with Gasteiger partial charge in [0.2, 0.25) is 0 Å². The summed E-state index contributed by atoms with van der Waals surface area (Å²) < 4.78 is 5.95. The Hall–Kier alpha value is -2.45. The summed E-state index contributed by atoms with van der Waals surface area (Å²) >= 11 is 2.96. The van der Waals surface area contributed by atoms with Gasteiger partial charge in [-0.15, -0.1) is 11.3 Å². The summed E-state index contributed by atoms with van der Waals surface area (Å²) in [6.45, 7) is 3.75. The Morgan fingerprint density at radius 1 is 1.18 bits per heavy atom. The summed E-state index contributed by atoms with van der Waals surface area (Å²) in [5.41, 5.74) is -0.596. The maximum atomic E-state index is 12.9. The van der Waals surface area contributed by atoms with Gasteiger partial charge >= 0.3 is 5.97 Å². The third-order valence-electron chi connectivity index (χ3n) is 4.99. The SMILES string of the molecule is COC(=O)C(C)(NC(=O)c1cc2sc(N3CCCC3)nc2s1)c1ccccc1. The molecule has 1 unspecified atom stereocenters. The minimum Gasteiger partial charge on any atom is -0.467 e. The van der Waals surface area contributed by atoms with Gasteiger partial charge in [0.05, 0.1) is 16.7 Å². The quantitative estimate of drug-likeness (QED) is 0.642. The number of methoxy groups -OCH3 is 1. The van der Waals surface area contributed by atoms with E-state index in [0.717, 1.165) is 27.8 Å². The van der Waals surface area contributed by atoms with Crippen molar-refractivity contribution in [1.29, 1.82) is 0 Å². The first-order valence-corrected chi connectivity index (χ1v) is 10.8. The van der Waals surface area contributed by atoms with Gasteiger partial charge in [-0.1, -0.05) is 41.7 Å². The lowest BCUT2D eigenvalue weighted by molar-refractivity contribution is -0.147. The van der Waals surface area contributed by atoms with Crippen LogP contribution in [0.3, 0.4) is 0 Å². The fourth-order valence-corrected chi connectivity index (χ4v) is 5.54. The maximum absolute atomic E-state index is 12.9. The number of thiophene rings is 1. The number of nitrogens with one attached hydrogen (secondary N) is 1. The van der Waals surface area contributed by atoms with Crippen LogP contribution in [0.25, 0.3) is 9.53 Å². The number of ether oxygens (including phenoxy) is 1. The van der Waals surface area contributed by atoms with Crippen LogP contribution in [0.5, 0.6) is 0 Å². The second-order valence-electron chi connectivity index (χ2n) is 6.91. The molecule has 4 rings (SSSR count). The van der Waals surface area contributed by atoms with E-state index in [-0.39, 0.29) is 5.91 Å². The number of esters is 1. The van der Waals surface area contributed by atoms with Gasteiger partial charge in [0.25, 0.3) is 5.91 Å². The summed E-state index contributed by atoms with van der Waals surface area (Å²) in [7, 11) is 1.32. The molecular weight excluding hydrogens is 394 g/mol. The number of rotatable bonds is 5. The van der Waals surface area contributed by atoms with E-state index in [9.17, 15) is 9.59 Å². The predicted octanol–water partition coefficient (Wildman–Crippen LogP) is 3.78. The van der Waals surface area contributed by atoms with E-state index in [4.69, 9.17) is 9.72 Å². The molecule has 0 aliphatic carbocycles. The molecule has 1 atom stereocenters. The minimum atomic E-state index is -1.27. The van der Waals surface area contributed by atoms with Crippen LogP contribution in [-0.2, 0) is 15.1 Å². The van der Waals surface area contributed by atoms with Crippen LogP contribution in [0.4, 0.5) is 5.13 Å². The van der Waals surface area contributed by atoms with Crippen LogP contribution in [0, 0.1) is 0 Å². The van der Waals surface area contributed by atoms with E-state index in [1.807, 2.05) is 24.3 Å². The first kappa shape index (κ1) is 18.9. The van der Waals surface area contributed by atoms with Crippen LogP contribution in [0.2, 0.25) is 0 Å². The number of thiazole rings is 1. The number of hydrogen-bond donors (Lipinski definition) is 1. The maximum Gasteiger partial charge on any atom is 0.336 e. The van der Waals surface area contributed by atoms with Crippen molar-refractivity contribution in [2.24, 2.45) is 0 Å². The van der Waals surface area contributed by atoms with E-state index in [1.165, 1.54) is 31.3 Å². The molecule has 28 heavy (non-hydrogen) atoms. The van der Waals surface area contributed by atoms with E-state index in [1.54, 1.807) is 30.4 Å². The molecule has 146 valence electrons. The highest BCUT2D eigenvalue weighted by atomic mass is 32.1. The Kier molecular flexibility index (Phi) is 5.07. The summed E-state index contributed by atoms with van der Waals surface area (Å²) in [5, 5.41) is 3.88. The fraction of sp³-hybridized carbons (Fsp3) is 0.350. The van der Waals surface area contributed by atoms with Crippen molar-refractivity contribution in [1.82, 2.24) is 10.3 Å². The molecular formula is C20H21N3O3S2. The minimum absolute atomic E-state index is 0.310. The molecule has 0 radical (unpaired) electrons. The smallest absolute Gasteiger partial charge is 0.336 e. The average Bonchev–Trinajstić information content (AvgIpc) is 3.43. The first-order chi connectivity index (χ1) is 13.5. The molecule has 6 nitrogen and oxygen atoms in total. The van der Waals surface area contributed by atoms with Gasteiger partial charge < -0.3 is 15.0 Å². The second kappa shape index (κ2) is 7.52. The molecule has 1 aliphatic rings. The van der Waals surface area contributed by atoms with Crippen LogP contribution in [0.1, 0.15) is 35.0 Å². The number of nitrogens with zero attached hydrogens (tertiary/aromatic N) is 2. The van der Waals surface area contributed by atoms with Crippen molar-refractivity contribution in [3.05, 3.63) is 46.8 Å². The normalized spacial score (nSPS) is 16.1. The van der Waals surface area contributed by atoms with Crippen LogP contribution in [-0.4, -0.2) is 37.1 Å². The summed E-state index contributed by atoms with van der Waals surface area (Å²) in [6, 6.07) is 11.0. The van der Waals surface area contributed by atoms with Crippen LogP contribution >= 0.6 is 22.7 Å². The summed E-state index contributed by atoms with van der Waals surface area (Å²) in [4.78, 5) is 33.8. The number of benzene rings is 1. The Morgan fingerprint density at radius 3 is 2.54 bits per heavy atom. The van der Waals surface area contributed by atoms with Gasteiger partial charge in [-0.05, 0) is 31.4 Å². The highest BCUT2D eigenvalue weighted by molar-refractivity contribution is 7.29. The van der Waals surface area contributed by atoms with Crippen LogP contribution in [0.15, 0.2) is 36.4 Å².